The fourth-order valence-corrected chi connectivity index (χ4v) is 4.82. The number of anilines is 1. The van der Waals surface area contributed by atoms with Crippen LogP contribution in [0.3, 0.4) is 0 Å². The largest absolute Gasteiger partial charge is 0.481 e. The van der Waals surface area contributed by atoms with E-state index in [0.717, 1.165) is 10.8 Å². The van der Waals surface area contributed by atoms with Gasteiger partial charge in [0.2, 0.25) is 0 Å². The number of nitrogens with two attached hydrogens (primary N) is 1. The first kappa shape index (κ1) is 26.0. The van der Waals surface area contributed by atoms with Crippen LogP contribution in [0.4, 0.5) is 5.82 Å². The molecule has 6 N–H and O–H groups in total. The molecular formula is C14H27N4O11P2+. The van der Waals surface area contributed by atoms with Gasteiger partial charge in [0.15, 0.2) is 6.23 Å². The number of phosphoric acid groups is 2. The summed E-state index contributed by atoms with van der Waals surface area (Å²) >= 11 is 0. The average Bonchev–Trinajstić information content (AvgIpc) is 2.88. The highest BCUT2D eigenvalue weighted by Crippen LogP contribution is 2.62. The number of ether oxygens (including phenoxy) is 1. The van der Waals surface area contributed by atoms with E-state index in [2.05, 4.69) is 13.8 Å². The number of nitrogens with zero attached hydrogens (tertiary/aromatic N) is 3. The predicted molar refractivity (Wildman–Crippen MR) is 104 cm³/mol. The smallest absolute Gasteiger partial charge is 0.394 e. The molecule has 0 aromatic carbocycles. The molecule has 1 fully saturated rings. The van der Waals surface area contributed by atoms with Crippen molar-refractivity contribution in [2.75, 3.05) is 46.6 Å². The van der Waals surface area contributed by atoms with Gasteiger partial charge in [0.25, 0.3) is 0 Å². The number of aliphatic hydroxyl groups excluding tert-OH is 2. The summed E-state index contributed by atoms with van der Waals surface area (Å²) in [5, 5.41) is 19.6. The van der Waals surface area contributed by atoms with Gasteiger partial charge in [0.1, 0.15) is 37.3 Å². The summed E-state index contributed by atoms with van der Waals surface area (Å²) in [5.74, 6) is -0.112. The Morgan fingerprint density at radius 3 is 2.48 bits per heavy atom. The second-order valence-corrected chi connectivity index (χ2v) is 10.7. The summed E-state index contributed by atoms with van der Waals surface area (Å²) in [6.45, 7) is -0.709. The second kappa shape index (κ2) is 9.73. The van der Waals surface area contributed by atoms with Gasteiger partial charge in [0, 0.05) is 6.20 Å². The molecule has 0 aliphatic carbocycles. The molecule has 0 saturated carbocycles. The van der Waals surface area contributed by atoms with Crippen LogP contribution in [0.1, 0.15) is 6.23 Å². The van der Waals surface area contributed by atoms with Crippen molar-refractivity contribution >= 4 is 21.5 Å². The molecule has 1 aromatic rings. The lowest BCUT2D eigenvalue weighted by Gasteiger charge is -2.26. The van der Waals surface area contributed by atoms with E-state index in [1.807, 2.05) is 0 Å². The minimum Gasteiger partial charge on any atom is -0.394 e. The molecule has 2 rings (SSSR count). The molecule has 0 amide bonds. The number of quaternary nitrogens is 1. The third-order valence-electron chi connectivity index (χ3n) is 4.10. The molecule has 1 saturated heterocycles. The van der Waals surface area contributed by atoms with E-state index in [-0.39, 0.29) is 19.0 Å². The van der Waals surface area contributed by atoms with Crippen LogP contribution in [-0.2, 0) is 27.2 Å². The monoisotopic (exact) mass is 489 g/mol. The first-order valence-electron chi connectivity index (χ1n) is 8.93. The number of phosphoric ester groups is 2. The zero-order chi connectivity index (χ0) is 23.6. The number of aliphatic hydroxyl groups is 2. The summed E-state index contributed by atoms with van der Waals surface area (Å²) in [7, 11) is -4.98. The molecule has 17 heteroatoms. The van der Waals surface area contributed by atoms with Crippen LogP contribution >= 0.6 is 15.6 Å². The lowest BCUT2D eigenvalue weighted by Crippen LogP contribution is -2.38. The third-order valence-corrected chi connectivity index (χ3v) is 6.77. The van der Waals surface area contributed by atoms with Gasteiger partial charge in [-0.15, -0.1) is 0 Å². The van der Waals surface area contributed by atoms with Gasteiger partial charge >= 0.3 is 21.3 Å². The molecule has 2 heterocycles. The molecule has 15 nitrogen and oxygen atoms in total. The highest BCUT2D eigenvalue weighted by Gasteiger charge is 2.50. The van der Waals surface area contributed by atoms with Gasteiger partial charge in [-0.25, -0.2) is 13.9 Å². The Bertz CT molecular complexity index is 920. The number of nitrogen functional groups attached to an aromatic ring is 1. The fourth-order valence-electron chi connectivity index (χ4n) is 2.58. The van der Waals surface area contributed by atoms with Crippen LogP contribution in [0.2, 0.25) is 0 Å². The van der Waals surface area contributed by atoms with Gasteiger partial charge in [-0.3, -0.25) is 13.6 Å². The highest BCUT2D eigenvalue weighted by atomic mass is 31.3. The Morgan fingerprint density at radius 1 is 1.29 bits per heavy atom. The van der Waals surface area contributed by atoms with Crippen LogP contribution < -0.4 is 11.4 Å². The van der Waals surface area contributed by atoms with Crippen molar-refractivity contribution < 1.29 is 51.7 Å². The third kappa shape index (κ3) is 7.41. The minimum atomic E-state index is -5.33. The van der Waals surface area contributed by atoms with Crippen molar-refractivity contribution in [3.8, 4) is 0 Å². The second-order valence-electron chi connectivity index (χ2n) is 7.72. The van der Waals surface area contributed by atoms with Crippen molar-refractivity contribution in [1.29, 1.82) is 0 Å². The first-order valence-corrected chi connectivity index (χ1v) is 11.9. The van der Waals surface area contributed by atoms with E-state index in [9.17, 15) is 33.9 Å². The Hall–Kier alpha value is -1.22. The molecule has 0 radical (unpaired) electrons. The zero-order valence-electron chi connectivity index (χ0n) is 17.0. The number of likely N-dealkylation sites (N-methyl/N-ethyl adjacent to an activating group) is 1. The molecule has 6 atom stereocenters. The number of aromatic nitrogens is 2. The quantitative estimate of drug-likeness (QED) is 0.185. The van der Waals surface area contributed by atoms with E-state index in [4.69, 9.17) is 15.0 Å². The normalized spacial score (nSPS) is 28.2. The molecule has 2 unspecified atom stereocenters. The Labute approximate surface area is 177 Å². The number of hydrogen-bond donors (Lipinski definition) is 5. The molecule has 0 bridgehead atoms. The topological polar surface area (TPSA) is 213 Å². The van der Waals surface area contributed by atoms with Gasteiger partial charge in [-0.2, -0.15) is 9.29 Å². The van der Waals surface area contributed by atoms with Crippen LogP contribution in [0.5, 0.6) is 0 Å². The average molecular weight is 489 g/mol. The van der Waals surface area contributed by atoms with Gasteiger partial charge in [-0.05, 0) is 6.07 Å². The van der Waals surface area contributed by atoms with Crippen molar-refractivity contribution in [2.45, 2.75) is 24.5 Å². The van der Waals surface area contributed by atoms with Crippen LogP contribution in [-0.4, -0.2) is 93.2 Å². The van der Waals surface area contributed by atoms with E-state index in [1.54, 1.807) is 21.1 Å². The molecular weight excluding hydrogens is 462 g/mol. The molecule has 178 valence electrons. The maximum atomic E-state index is 12.3. The van der Waals surface area contributed by atoms with Crippen LogP contribution in [0, 0.1) is 0 Å². The van der Waals surface area contributed by atoms with E-state index < -0.39 is 52.5 Å². The molecule has 1 aromatic heterocycles. The number of hydrogen-bond acceptors (Lipinski definition) is 11. The summed E-state index contributed by atoms with van der Waals surface area (Å²) in [6.07, 6.45) is -5.18. The summed E-state index contributed by atoms with van der Waals surface area (Å²) in [6, 6.07) is 1.22. The van der Waals surface area contributed by atoms with Gasteiger partial charge < -0.3 is 35.0 Å². The fraction of sp³-hybridized carbons (Fsp3) is 0.714. The Balaban J connectivity index is 2.18. The van der Waals surface area contributed by atoms with Crippen LogP contribution in [0.25, 0.3) is 0 Å². The minimum absolute atomic E-state index is 0.112. The van der Waals surface area contributed by atoms with E-state index in [1.165, 1.54) is 6.07 Å². The lowest BCUT2D eigenvalue weighted by atomic mass is 10.1. The van der Waals surface area contributed by atoms with Gasteiger partial charge in [-0.1, -0.05) is 0 Å². The van der Waals surface area contributed by atoms with Crippen molar-refractivity contribution in [2.24, 2.45) is 0 Å². The number of rotatable bonds is 10. The van der Waals surface area contributed by atoms with Gasteiger partial charge in [0.05, 0.1) is 27.7 Å². The Morgan fingerprint density at radius 2 is 1.94 bits per heavy atom. The van der Waals surface area contributed by atoms with Crippen molar-refractivity contribution in [1.82, 2.24) is 9.55 Å². The van der Waals surface area contributed by atoms with E-state index in [0.29, 0.717) is 4.48 Å². The maximum absolute atomic E-state index is 12.3. The standard InChI is InChI=1S/C14H26N4O11P2/c1-18(2,3)6-7-26-30(22,23)29-31(24,25)28-12-11(20)9(8-19)27-13(12)17-5-4-10(15)16-14(17)21/h4-5,9,11-13,19-20H,6-8H2,1-3H3,(H3-,15,16,21,22,23,24,25)/p+1/t9-,11-,12-,13-/m1/s1. The maximum Gasteiger partial charge on any atom is 0.481 e. The Kier molecular flexibility index (Phi) is 8.17. The SMILES string of the molecule is C[N+](C)(C)CCOP(=O)(O)OP(=O)(O)O[C@@H]1[C@H](O)[C@@H](CO)O[C@H]1n1ccc(N)nc1=O. The van der Waals surface area contributed by atoms with Crippen LogP contribution in [0.15, 0.2) is 17.1 Å². The summed E-state index contributed by atoms with van der Waals surface area (Å²) < 4.78 is 44.7. The highest BCUT2D eigenvalue weighted by molar-refractivity contribution is 7.61. The zero-order valence-corrected chi connectivity index (χ0v) is 18.8. The summed E-state index contributed by atoms with van der Waals surface area (Å²) in [4.78, 5) is 35.3. The predicted octanol–water partition coefficient (Wildman–Crippen LogP) is -1.60. The molecule has 31 heavy (non-hydrogen) atoms. The van der Waals surface area contributed by atoms with Crippen molar-refractivity contribution in [3.63, 3.8) is 0 Å². The molecule has 0 spiro atoms. The first-order chi connectivity index (χ1) is 14.1. The molecule has 1 aliphatic rings. The molecule has 1 aliphatic heterocycles. The summed E-state index contributed by atoms with van der Waals surface area (Å²) in [5.41, 5.74) is 4.48. The van der Waals surface area contributed by atoms with E-state index >= 15 is 0 Å². The van der Waals surface area contributed by atoms with Crippen molar-refractivity contribution in [3.05, 3.63) is 22.7 Å². The lowest BCUT2D eigenvalue weighted by molar-refractivity contribution is -0.870.